The van der Waals surface area contributed by atoms with Crippen LogP contribution >= 0.6 is 11.6 Å². The summed E-state index contributed by atoms with van der Waals surface area (Å²) in [6.45, 7) is 4.30. The van der Waals surface area contributed by atoms with Crippen LogP contribution in [0, 0.1) is 0 Å². The van der Waals surface area contributed by atoms with E-state index in [1.165, 1.54) is 0 Å². The Morgan fingerprint density at radius 3 is 3.06 bits per heavy atom. The van der Waals surface area contributed by atoms with Gasteiger partial charge in [0, 0.05) is 37.3 Å². The van der Waals surface area contributed by atoms with E-state index >= 15 is 0 Å². The molecule has 0 spiro atoms. The van der Waals surface area contributed by atoms with Crippen molar-refractivity contribution in [2.45, 2.75) is 6.10 Å². The predicted molar refractivity (Wildman–Crippen MR) is 68.5 cm³/mol. The van der Waals surface area contributed by atoms with Crippen molar-refractivity contribution in [3.63, 3.8) is 0 Å². The van der Waals surface area contributed by atoms with Gasteiger partial charge in [-0.3, -0.25) is 4.90 Å². The first kappa shape index (κ1) is 12.8. The van der Waals surface area contributed by atoms with Crippen LogP contribution in [0.15, 0.2) is 24.3 Å². The summed E-state index contributed by atoms with van der Waals surface area (Å²) in [5.74, 6) is 0. The van der Waals surface area contributed by atoms with E-state index in [1.54, 1.807) is 7.11 Å². The predicted octanol–water partition coefficient (Wildman–Crippen LogP) is 2.36. The summed E-state index contributed by atoms with van der Waals surface area (Å²) in [6.07, 6.45) is 0.0781. The molecule has 0 radical (unpaired) electrons. The third kappa shape index (κ3) is 3.42. The number of hydrogen-bond acceptors (Lipinski definition) is 3. The molecular weight excluding hydrogens is 238 g/mol. The van der Waals surface area contributed by atoms with Gasteiger partial charge in [0.1, 0.15) is 0 Å². The lowest BCUT2D eigenvalue weighted by molar-refractivity contribution is -0.0355. The lowest BCUT2D eigenvalue weighted by atomic mass is 10.1. The van der Waals surface area contributed by atoms with Crippen LogP contribution in [-0.2, 0) is 9.47 Å². The molecule has 1 heterocycles. The minimum atomic E-state index is 0.0781. The largest absolute Gasteiger partial charge is 0.383 e. The molecule has 0 aromatic heterocycles. The lowest BCUT2D eigenvalue weighted by Gasteiger charge is -2.33. The average molecular weight is 256 g/mol. The Bertz CT molecular complexity index is 359. The number of halogens is 1. The molecule has 17 heavy (non-hydrogen) atoms. The zero-order valence-corrected chi connectivity index (χ0v) is 10.8. The normalized spacial score (nSPS) is 21.6. The highest BCUT2D eigenvalue weighted by atomic mass is 35.5. The van der Waals surface area contributed by atoms with Gasteiger partial charge in [-0.2, -0.15) is 0 Å². The molecule has 0 saturated carbocycles. The van der Waals surface area contributed by atoms with Crippen LogP contribution in [0.1, 0.15) is 11.7 Å². The van der Waals surface area contributed by atoms with E-state index in [2.05, 4.69) is 4.90 Å². The number of hydrogen-bond donors (Lipinski definition) is 0. The zero-order chi connectivity index (χ0) is 12.1. The quantitative estimate of drug-likeness (QED) is 0.825. The van der Waals surface area contributed by atoms with E-state index < -0.39 is 0 Å². The van der Waals surface area contributed by atoms with Crippen LogP contribution in [0.5, 0.6) is 0 Å². The van der Waals surface area contributed by atoms with Gasteiger partial charge in [0.25, 0.3) is 0 Å². The molecule has 1 aliphatic rings. The van der Waals surface area contributed by atoms with Gasteiger partial charge < -0.3 is 9.47 Å². The number of morpholine rings is 1. The molecule has 4 heteroatoms. The topological polar surface area (TPSA) is 21.7 Å². The summed E-state index contributed by atoms with van der Waals surface area (Å²) in [7, 11) is 1.73. The molecule has 0 amide bonds. The summed E-state index contributed by atoms with van der Waals surface area (Å²) in [4.78, 5) is 2.35. The van der Waals surface area contributed by atoms with E-state index in [-0.39, 0.29) is 6.10 Å². The maximum atomic E-state index is 6.19. The summed E-state index contributed by atoms with van der Waals surface area (Å²) < 4.78 is 10.9. The highest BCUT2D eigenvalue weighted by Gasteiger charge is 2.23. The van der Waals surface area contributed by atoms with E-state index in [1.807, 2.05) is 24.3 Å². The van der Waals surface area contributed by atoms with Crippen molar-refractivity contribution < 1.29 is 9.47 Å². The molecule has 0 bridgehead atoms. The van der Waals surface area contributed by atoms with Crippen molar-refractivity contribution in [3.8, 4) is 0 Å². The average Bonchev–Trinajstić information content (AvgIpc) is 2.37. The fraction of sp³-hybridized carbons (Fsp3) is 0.538. The van der Waals surface area contributed by atoms with Gasteiger partial charge in [0.05, 0.1) is 19.3 Å². The molecule has 0 aliphatic carbocycles. The van der Waals surface area contributed by atoms with Gasteiger partial charge in [-0.1, -0.05) is 29.8 Å². The monoisotopic (exact) mass is 255 g/mol. The number of ether oxygens (including phenoxy) is 2. The standard InChI is InChI=1S/C13H18ClNO2/c1-16-8-6-15-7-9-17-13(10-15)11-4-2-3-5-12(11)14/h2-5,13H,6-10H2,1H3/t13-/m1/s1. The first-order chi connectivity index (χ1) is 8.31. The number of benzene rings is 1. The van der Waals surface area contributed by atoms with Crippen LogP contribution in [0.2, 0.25) is 5.02 Å². The van der Waals surface area contributed by atoms with Crippen molar-refractivity contribution in [1.29, 1.82) is 0 Å². The van der Waals surface area contributed by atoms with Gasteiger partial charge in [0.2, 0.25) is 0 Å². The van der Waals surface area contributed by atoms with E-state index in [4.69, 9.17) is 21.1 Å². The molecule has 1 aliphatic heterocycles. The maximum Gasteiger partial charge on any atom is 0.0966 e. The van der Waals surface area contributed by atoms with E-state index in [9.17, 15) is 0 Å². The molecule has 1 atom stereocenters. The Morgan fingerprint density at radius 2 is 2.29 bits per heavy atom. The molecule has 1 aromatic rings. The second-order valence-electron chi connectivity index (χ2n) is 4.17. The molecule has 1 aromatic carbocycles. The van der Waals surface area contributed by atoms with Crippen LogP contribution in [0.4, 0.5) is 0 Å². The first-order valence-electron chi connectivity index (χ1n) is 5.88. The molecule has 0 unspecified atom stereocenters. The molecule has 3 nitrogen and oxygen atoms in total. The first-order valence-corrected chi connectivity index (χ1v) is 6.26. The number of nitrogens with zero attached hydrogens (tertiary/aromatic N) is 1. The smallest absolute Gasteiger partial charge is 0.0966 e. The summed E-state index contributed by atoms with van der Waals surface area (Å²) >= 11 is 6.19. The van der Waals surface area contributed by atoms with E-state index in [0.717, 1.165) is 43.4 Å². The molecule has 1 fully saturated rings. The van der Waals surface area contributed by atoms with Crippen LogP contribution in [0.25, 0.3) is 0 Å². The van der Waals surface area contributed by atoms with Crippen LogP contribution in [-0.4, -0.2) is 44.9 Å². The molecule has 1 saturated heterocycles. The minimum Gasteiger partial charge on any atom is -0.383 e. The van der Waals surface area contributed by atoms with Gasteiger partial charge in [0.15, 0.2) is 0 Å². The molecule has 94 valence electrons. The Balaban J connectivity index is 1.99. The Hall–Kier alpha value is -0.610. The molecule has 2 rings (SSSR count). The SMILES string of the molecule is COCCN1CCO[C@@H](c2ccccc2Cl)C1. The van der Waals surface area contributed by atoms with Crippen LogP contribution in [0.3, 0.4) is 0 Å². The lowest BCUT2D eigenvalue weighted by Crippen LogP contribution is -2.40. The second kappa shape index (κ2) is 6.36. The van der Waals surface area contributed by atoms with Crippen molar-refractivity contribution in [2.24, 2.45) is 0 Å². The number of methoxy groups -OCH3 is 1. The van der Waals surface area contributed by atoms with Crippen molar-refractivity contribution in [1.82, 2.24) is 4.90 Å². The summed E-state index contributed by atoms with van der Waals surface area (Å²) in [5, 5.41) is 0.783. The summed E-state index contributed by atoms with van der Waals surface area (Å²) in [6, 6.07) is 7.89. The van der Waals surface area contributed by atoms with Crippen LogP contribution < -0.4 is 0 Å². The minimum absolute atomic E-state index is 0.0781. The second-order valence-corrected chi connectivity index (χ2v) is 4.58. The highest BCUT2D eigenvalue weighted by molar-refractivity contribution is 6.31. The zero-order valence-electron chi connectivity index (χ0n) is 10.1. The van der Waals surface area contributed by atoms with Gasteiger partial charge in [-0.05, 0) is 6.07 Å². The molecular formula is C13H18ClNO2. The van der Waals surface area contributed by atoms with Crippen molar-refractivity contribution in [2.75, 3.05) is 40.0 Å². The van der Waals surface area contributed by atoms with Crippen molar-refractivity contribution in [3.05, 3.63) is 34.9 Å². The van der Waals surface area contributed by atoms with Gasteiger partial charge in [-0.15, -0.1) is 0 Å². The summed E-state index contributed by atoms with van der Waals surface area (Å²) in [5.41, 5.74) is 1.08. The fourth-order valence-electron chi connectivity index (χ4n) is 2.05. The Morgan fingerprint density at radius 1 is 1.47 bits per heavy atom. The Labute approximate surface area is 107 Å². The number of rotatable bonds is 4. The maximum absolute atomic E-state index is 6.19. The molecule has 0 N–H and O–H groups in total. The fourth-order valence-corrected chi connectivity index (χ4v) is 2.31. The third-order valence-corrected chi connectivity index (χ3v) is 3.36. The third-order valence-electron chi connectivity index (χ3n) is 3.01. The van der Waals surface area contributed by atoms with Gasteiger partial charge >= 0.3 is 0 Å². The Kier molecular flexibility index (Phi) is 4.80. The van der Waals surface area contributed by atoms with Crippen molar-refractivity contribution >= 4 is 11.6 Å². The van der Waals surface area contributed by atoms with Gasteiger partial charge in [-0.25, -0.2) is 0 Å². The van der Waals surface area contributed by atoms with E-state index in [0.29, 0.717) is 0 Å². The highest BCUT2D eigenvalue weighted by Crippen LogP contribution is 2.28.